The van der Waals surface area contributed by atoms with Crippen molar-refractivity contribution in [3.05, 3.63) is 57.9 Å². The lowest BCUT2D eigenvalue weighted by Crippen LogP contribution is -2.36. The topological polar surface area (TPSA) is 108 Å². The van der Waals surface area contributed by atoms with Gasteiger partial charge in [-0.05, 0) is 31.2 Å². The summed E-state index contributed by atoms with van der Waals surface area (Å²) in [4.78, 5) is 12.3. The molecule has 132 valence electrons. The predicted molar refractivity (Wildman–Crippen MR) is 91.7 cm³/mol. The van der Waals surface area contributed by atoms with Crippen molar-refractivity contribution < 1.29 is 10.0 Å². The van der Waals surface area contributed by atoms with Gasteiger partial charge < -0.3 is 5.11 Å². The lowest BCUT2D eigenvalue weighted by Gasteiger charge is -2.30. The summed E-state index contributed by atoms with van der Waals surface area (Å²) in [6.45, 7) is 5.37. The maximum absolute atomic E-state index is 10.7. The van der Waals surface area contributed by atoms with E-state index in [1.165, 1.54) is 17.1 Å². The van der Waals surface area contributed by atoms with Gasteiger partial charge in [-0.15, -0.1) is 0 Å². The molecular weight excluding hydrogens is 322 g/mol. The second-order valence-electron chi connectivity index (χ2n) is 5.83. The van der Waals surface area contributed by atoms with E-state index < -0.39 is 11.0 Å². The normalized spacial score (nSPS) is 13.4. The van der Waals surface area contributed by atoms with Crippen LogP contribution >= 0.6 is 0 Å². The Bertz CT molecular complexity index is 750. The van der Waals surface area contributed by atoms with Crippen molar-refractivity contribution in [2.75, 3.05) is 13.1 Å². The number of nitriles is 1. The predicted octanol–water partition coefficient (Wildman–Crippen LogP) is 2.11. The van der Waals surface area contributed by atoms with Crippen molar-refractivity contribution >= 4 is 5.69 Å². The maximum atomic E-state index is 10.7. The average molecular weight is 343 g/mol. The van der Waals surface area contributed by atoms with Crippen molar-refractivity contribution in [3.8, 4) is 6.07 Å². The highest BCUT2D eigenvalue weighted by molar-refractivity contribution is 5.32. The number of nitrogens with zero attached hydrogens (tertiary/aromatic N) is 5. The summed E-state index contributed by atoms with van der Waals surface area (Å²) in [7, 11) is 0. The Kier molecular flexibility index (Phi) is 6.22. The van der Waals surface area contributed by atoms with Crippen LogP contribution in [0.4, 0.5) is 5.69 Å². The van der Waals surface area contributed by atoms with Crippen LogP contribution in [0.3, 0.4) is 0 Å². The Hall–Kier alpha value is -2.76. The molecule has 1 N–H and O–H groups in total. The molecule has 2 rings (SSSR count). The van der Waals surface area contributed by atoms with E-state index in [4.69, 9.17) is 5.26 Å². The first-order valence-corrected chi connectivity index (χ1v) is 8.03. The van der Waals surface area contributed by atoms with E-state index in [2.05, 4.69) is 16.1 Å². The van der Waals surface area contributed by atoms with Crippen molar-refractivity contribution in [3.63, 3.8) is 0 Å². The maximum Gasteiger partial charge on any atom is 0.306 e. The number of rotatable bonds is 8. The largest absolute Gasteiger partial charge is 0.390 e. The number of aliphatic hydroxyl groups excluding tert-OH is 1. The minimum atomic E-state index is -0.708. The molecule has 0 amide bonds. The van der Waals surface area contributed by atoms with E-state index in [1.54, 1.807) is 12.1 Å². The number of likely N-dealkylation sites (N-methyl/N-ethyl adjacent to an activating group) is 1. The Morgan fingerprint density at radius 3 is 2.64 bits per heavy atom. The molecular formula is C17H21N5O3. The van der Waals surface area contributed by atoms with E-state index in [0.29, 0.717) is 12.1 Å². The Labute approximate surface area is 146 Å². The van der Waals surface area contributed by atoms with Crippen LogP contribution in [0, 0.1) is 21.4 Å². The van der Waals surface area contributed by atoms with E-state index in [0.717, 1.165) is 12.1 Å². The molecule has 0 aliphatic rings. The van der Waals surface area contributed by atoms with Gasteiger partial charge in [-0.2, -0.15) is 10.4 Å². The number of hydrogen-bond acceptors (Lipinski definition) is 6. The summed E-state index contributed by atoms with van der Waals surface area (Å²) in [5.41, 5.74) is 1.58. The fraction of sp³-hybridized carbons (Fsp3) is 0.412. The molecule has 0 saturated heterocycles. The number of benzene rings is 1. The van der Waals surface area contributed by atoms with Crippen molar-refractivity contribution in [1.82, 2.24) is 14.7 Å². The van der Waals surface area contributed by atoms with Gasteiger partial charge in [0.1, 0.15) is 12.4 Å². The lowest BCUT2D eigenvalue weighted by molar-refractivity contribution is -0.385. The van der Waals surface area contributed by atoms with Crippen LogP contribution < -0.4 is 0 Å². The minimum Gasteiger partial charge on any atom is -0.390 e. The summed E-state index contributed by atoms with van der Waals surface area (Å²) in [5.74, 6) is 0. The lowest BCUT2D eigenvalue weighted by atomic mass is 10.0. The second-order valence-corrected chi connectivity index (χ2v) is 5.83. The van der Waals surface area contributed by atoms with Gasteiger partial charge in [0.2, 0.25) is 0 Å². The first-order valence-electron chi connectivity index (χ1n) is 8.03. The van der Waals surface area contributed by atoms with Gasteiger partial charge in [-0.1, -0.05) is 19.1 Å². The van der Waals surface area contributed by atoms with Gasteiger partial charge >= 0.3 is 5.69 Å². The molecule has 1 aromatic carbocycles. The zero-order valence-electron chi connectivity index (χ0n) is 14.2. The number of aliphatic hydroxyl groups is 1. The van der Waals surface area contributed by atoms with E-state index in [1.807, 2.05) is 26.0 Å². The van der Waals surface area contributed by atoms with Gasteiger partial charge in [-0.3, -0.25) is 19.7 Å². The average Bonchev–Trinajstić information content (AvgIpc) is 3.08. The molecule has 0 spiro atoms. The Balaban J connectivity index is 1.99. The summed E-state index contributed by atoms with van der Waals surface area (Å²) in [5, 5.41) is 33.8. The Morgan fingerprint density at radius 1 is 1.44 bits per heavy atom. The summed E-state index contributed by atoms with van der Waals surface area (Å²) in [6, 6.07) is 9.54. The molecule has 0 bridgehead atoms. The third kappa shape index (κ3) is 4.86. The minimum absolute atomic E-state index is 0.0688. The number of nitro groups is 1. The van der Waals surface area contributed by atoms with E-state index in [-0.39, 0.29) is 18.3 Å². The highest BCUT2D eigenvalue weighted by Crippen LogP contribution is 2.21. The molecule has 0 saturated carbocycles. The van der Waals surface area contributed by atoms with Crippen LogP contribution in [-0.4, -0.2) is 43.9 Å². The summed E-state index contributed by atoms with van der Waals surface area (Å²) < 4.78 is 1.38. The smallest absolute Gasteiger partial charge is 0.306 e. The van der Waals surface area contributed by atoms with Gasteiger partial charge in [-0.25, -0.2) is 0 Å². The first-order chi connectivity index (χ1) is 11.9. The third-order valence-corrected chi connectivity index (χ3v) is 4.15. The summed E-state index contributed by atoms with van der Waals surface area (Å²) in [6.07, 6.45) is 1.77. The van der Waals surface area contributed by atoms with Crippen LogP contribution in [0.25, 0.3) is 0 Å². The van der Waals surface area contributed by atoms with E-state index in [9.17, 15) is 15.2 Å². The molecule has 0 aliphatic heterocycles. The third-order valence-electron chi connectivity index (χ3n) is 4.15. The highest BCUT2D eigenvalue weighted by atomic mass is 16.6. The standard InChI is InChI=1S/C17H21N5O3/c1-3-20(13(2)15-6-4-14(8-18)5-7-15)11-17(23)12-21-10-16(9-19-21)22(24)25/h4-7,9-10,13,17,23H,3,11-12H2,1-2H3. The molecule has 1 heterocycles. The zero-order chi connectivity index (χ0) is 18.4. The highest BCUT2D eigenvalue weighted by Gasteiger charge is 2.19. The Morgan fingerprint density at radius 2 is 2.12 bits per heavy atom. The molecule has 2 atom stereocenters. The van der Waals surface area contributed by atoms with Crippen LogP contribution in [0.1, 0.15) is 31.0 Å². The number of hydrogen-bond donors (Lipinski definition) is 1. The monoisotopic (exact) mass is 343 g/mol. The van der Waals surface area contributed by atoms with Crippen molar-refractivity contribution in [2.24, 2.45) is 0 Å². The molecule has 0 radical (unpaired) electrons. The molecule has 8 nitrogen and oxygen atoms in total. The molecule has 0 aliphatic carbocycles. The molecule has 1 aromatic heterocycles. The molecule has 2 aromatic rings. The molecule has 2 unspecified atom stereocenters. The van der Waals surface area contributed by atoms with Gasteiger partial charge in [0.25, 0.3) is 0 Å². The fourth-order valence-electron chi connectivity index (χ4n) is 2.70. The van der Waals surface area contributed by atoms with Crippen molar-refractivity contribution in [2.45, 2.75) is 32.5 Å². The van der Waals surface area contributed by atoms with Crippen LogP contribution in [-0.2, 0) is 6.54 Å². The molecule has 0 fully saturated rings. The fourth-order valence-corrected chi connectivity index (χ4v) is 2.70. The van der Waals surface area contributed by atoms with Crippen LogP contribution in [0.2, 0.25) is 0 Å². The van der Waals surface area contributed by atoms with Crippen molar-refractivity contribution in [1.29, 1.82) is 5.26 Å². The molecule has 25 heavy (non-hydrogen) atoms. The van der Waals surface area contributed by atoms with Crippen LogP contribution in [0.15, 0.2) is 36.7 Å². The van der Waals surface area contributed by atoms with Gasteiger partial charge in [0.05, 0.1) is 29.2 Å². The first kappa shape index (κ1) is 18.6. The molecule has 8 heteroatoms. The van der Waals surface area contributed by atoms with Crippen LogP contribution in [0.5, 0.6) is 0 Å². The van der Waals surface area contributed by atoms with Gasteiger partial charge in [0, 0.05) is 12.6 Å². The second kappa shape index (κ2) is 8.37. The van der Waals surface area contributed by atoms with Gasteiger partial charge in [0.15, 0.2) is 0 Å². The SMILES string of the molecule is CCN(CC(O)Cn1cc([N+](=O)[O-])cn1)C(C)c1ccc(C#N)cc1. The van der Waals surface area contributed by atoms with E-state index >= 15 is 0 Å². The number of aromatic nitrogens is 2. The summed E-state index contributed by atoms with van der Waals surface area (Å²) >= 11 is 0. The zero-order valence-corrected chi connectivity index (χ0v) is 14.2. The quantitative estimate of drug-likeness (QED) is 0.581.